The van der Waals surface area contributed by atoms with Gasteiger partial charge in [-0.1, -0.05) is 12.1 Å². The van der Waals surface area contributed by atoms with Crippen molar-refractivity contribution >= 4 is 34.7 Å². The van der Waals surface area contributed by atoms with Crippen LogP contribution in [0.4, 0.5) is 5.69 Å². The molecule has 1 N–H and O–H groups in total. The largest absolute Gasteiger partial charge is 0.331 e. The molecule has 5 nitrogen and oxygen atoms in total. The Labute approximate surface area is 183 Å². The first-order valence-corrected chi connectivity index (χ1v) is 11.9. The fourth-order valence-electron chi connectivity index (χ4n) is 3.76. The molecule has 1 aliphatic rings. The number of hydrogen-bond donors (Lipinski definition) is 1. The van der Waals surface area contributed by atoms with E-state index in [1.165, 1.54) is 16.0 Å². The lowest BCUT2D eigenvalue weighted by Crippen LogP contribution is -2.16. The van der Waals surface area contributed by atoms with Gasteiger partial charge in [-0.25, -0.2) is 4.98 Å². The minimum atomic E-state index is -0.0266. The lowest BCUT2D eigenvalue weighted by atomic mass is 10.1. The van der Waals surface area contributed by atoms with E-state index in [2.05, 4.69) is 31.6 Å². The third-order valence-electron chi connectivity index (χ3n) is 5.36. The van der Waals surface area contributed by atoms with Crippen molar-refractivity contribution < 1.29 is 4.79 Å². The van der Waals surface area contributed by atoms with Crippen molar-refractivity contribution in [2.45, 2.75) is 25.6 Å². The van der Waals surface area contributed by atoms with Gasteiger partial charge in [0.05, 0.1) is 5.56 Å². The van der Waals surface area contributed by atoms with E-state index in [9.17, 15) is 4.79 Å². The Morgan fingerprint density at radius 1 is 1.17 bits per heavy atom. The first-order valence-electron chi connectivity index (χ1n) is 9.92. The van der Waals surface area contributed by atoms with Crippen molar-refractivity contribution in [2.75, 3.05) is 11.1 Å². The van der Waals surface area contributed by atoms with Crippen molar-refractivity contribution in [3.8, 4) is 5.00 Å². The fraction of sp³-hybridized carbons (Fsp3) is 0.217. The summed E-state index contributed by atoms with van der Waals surface area (Å²) in [6.45, 7) is 2.77. The highest BCUT2D eigenvalue weighted by Gasteiger charge is 2.26. The molecule has 0 atom stereocenters. The number of aryl methyl sites for hydroxylation is 1. The zero-order valence-electron chi connectivity index (χ0n) is 16.7. The zero-order valence-corrected chi connectivity index (χ0v) is 18.3. The molecule has 0 saturated carbocycles. The predicted octanol–water partition coefficient (Wildman–Crippen LogP) is 5.13. The Morgan fingerprint density at radius 3 is 2.70 bits per heavy atom. The summed E-state index contributed by atoms with van der Waals surface area (Å²) < 4.78 is 4.16. The van der Waals surface area contributed by atoms with Crippen LogP contribution in [0.1, 0.15) is 32.2 Å². The summed E-state index contributed by atoms with van der Waals surface area (Å²) in [5.74, 6) is 3.02. The topological polar surface area (TPSA) is 51.9 Å². The van der Waals surface area contributed by atoms with E-state index in [0.717, 1.165) is 46.5 Å². The normalized spacial score (nSPS) is 13.2. The maximum Gasteiger partial charge on any atom is 0.258 e. The number of carbonyl (C=O) groups excluding carboxylic acids is 1. The summed E-state index contributed by atoms with van der Waals surface area (Å²) >= 11 is 3.68. The molecule has 0 aliphatic carbocycles. The molecule has 30 heavy (non-hydrogen) atoms. The van der Waals surface area contributed by atoms with Gasteiger partial charge in [0.2, 0.25) is 0 Å². The molecule has 4 aromatic rings. The number of rotatable bonds is 5. The summed E-state index contributed by atoms with van der Waals surface area (Å²) in [5.41, 5.74) is 4.03. The highest BCUT2D eigenvalue weighted by molar-refractivity contribution is 7.98. The first-order chi connectivity index (χ1) is 14.7. The Hall–Kier alpha value is -2.77. The number of hydrogen-bond acceptors (Lipinski definition) is 4. The van der Waals surface area contributed by atoms with Crippen LogP contribution in [0.25, 0.3) is 5.00 Å². The number of thioether (sulfide) groups is 1. The molecular formula is C23H22N4OS2. The van der Waals surface area contributed by atoms with Crippen LogP contribution in [0.15, 0.2) is 61.2 Å². The molecule has 0 spiro atoms. The van der Waals surface area contributed by atoms with E-state index < -0.39 is 0 Å². The van der Waals surface area contributed by atoms with Gasteiger partial charge >= 0.3 is 0 Å². The number of anilines is 1. The van der Waals surface area contributed by atoms with Crippen LogP contribution in [0.3, 0.4) is 0 Å². The average molecular weight is 435 g/mol. The molecule has 1 aromatic carbocycles. The van der Waals surface area contributed by atoms with Crippen molar-refractivity contribution in [1.82, 2.24) is 14.1 Å². The maximum atomic E-state index is 13.3. The number of fused-ring (bicyclic) bond motifs is 1. The summed E-state index contributed by atoms with van der Waals surface area (Å²) in [7, 11) is 0. The number of imidazole rings is 1. The second-order valence-electron chi connectivity index (χ2n) is 7.33. The molecule has 5 rings (SSSR count). The Bertz CT molecular complexity index is 1170. The van der Waals surface area contributed by atoms with Crippen molar-refractivity contribution in [3.05, 3.63) is 88.6 Å². The second kappa shape index (κ2) is 8.16. The van der Waals surface area contributed by atoms with Gasteiger partial charge in [-0.2, -0.15) is 11.8 Å². The number of thiophene rings is 1. The quantitative estimate of drug-likeness (QED) is 0.474. The van der Waals surface area contributed by atoms with Crippen LogP contribution >= 0.6 is 23.1 Å². The van der Waals surface area contributed by atoms with Gasteiger partial charge in [-0.05, 0) is 54.5 Å². The molecule has 152 valence electrons. The standard InChI is InChI=1S/C23H22N4OS2/c1-16-24-9-12-27(16)14-17-4-6-18(7-5-17)25-22(28)21-19-8-13-29-15-20(19)30-23(21)26-10-2-3-11-26/h2-7,9-12H,8,13-15H2,1H3,(H,25,28). The van der Waals surface area contributed by atoms with Gasteiger partial charge in [0.1, 0.15) is 10.8 Å². The minimum Gasteiger partial charge on any atom is -0.331 e. The number of nitrogens with one attached hydrogen (secondary N) is 1. The highest BCUT2D eigenvalue weighted by Crippen LogP contribution is 2.38. The SMILES string of the molecule is Cc1nccn1Cc1ccc(NC(=O)c2c(-n3cccc3)sc3c2CCSC3)cc1. The Morgan fingerprint density at radius 2 is 1.97 bits per heavy atom. The van der Waals surface area contributed by atoms with Crippen LogP contribution in [0.5, 0.6) is 0 Å². The summed E-state index contributed by atoms with van der Waals surface area (Å²) in [6.07, 6.45) is 8.75. The summed E-state index contributed by atoms with van der Waals surface area (Å²) in [5, 5.41) is 4.13. The highest BCUT2D eigenvalue weighted by atomic mass is 32.2. The van der Waals surface area contributed by atoms with Crippen LogP contribution in [-0.4, -0.2) is 25.8 Å². The number of nitrogens with zero attached hydrogens (tertiary/aromatic N) is 3. The maximum absolute atomic E-state index is 13.3. The fourth-order valence-corrected chi connectivity index (χ4v) is 6.20. The minimum absolute atomic E-state index is 0.0266. The molecule has 0 radical (unpaired) electrons. The molecule has 1 aliphatic heterocycles. The van der Waals surface area contributed by atoms with Crippen molar-refractivity contribution in [2.24, 2.45) is 0 Å². The summed E-state index contributed by atoms with van der Waals surface area (Å²) in [6, 6.07) is 12.1. The number of amides is 1. The van der Waals surface area contributed by atoms with E-state index in [-0.39, 0.29) is 5.91 Å². The molecule has 0 unspecified atom stereocenters. The average Bonchev–Trinajstić information content (AvgIpc) is 3.49. The summed E-state index contributed by atoms with van der Waals surface area (Å²) in [4.78, 5) is 18.9. The van der Waals surface area contributed by atoms with E-state index in [4.69, 9.17) is 0 Å². The molecule has 0 fully saturated rings. The van der Waals surface area contributed by atoms with Gasteiger partial charge in [-0.15, -0.1) is 11.3 Å². The van der Waals surface area contributed by atoms with Crippen molar-refractivity contribution in [1.29, 1.82) is 0 Å². The van der Waals surface area contributed by atoms with E-state index in [1.54, 1.807) is 11.3 Å². The number of carbonyl (C=O) groups is 1. The van der Waals surface area contributed by atoms with Gasteiger partial charge < -0.3 is 14.5 Å². The zero-order chi connectivity index (χ0) is 20.5. The molecule has 0 saturated heterocycles. The van der Waals surface area contributed by atoms with Crippen LogP contribution in [-0.2, 0) is 18.7 Å². The monoisotopic (exact) mass is 434 g/mol. The lowest BCUT2D eigenvalue weighted by Gasteiger charge is -2.13. The van der Waals surface area contributed by atoms with Crippen LogP contribution < -0.4 is 5.32 Å². The van der Waals surface area contributed by atoms with Crippen LogP contribution in [0, 0.1) is 6.92 Å². The molecule has 0 bridgehead atoms. The molecule has 7 heteroatoms. The third kappa shape index (κ3) is 3.70. The lowest BCUT2D eigenvalue weighted by molar-refractivity contribution is 0.102. The third-order valence-corrected chi connectivity index (χ3v) is 7.77. The smallest absolute Gasteiger partial charge is 0.258 e. The van der Waals surface area contributed by atoms with Gasteiger partial charge in [0.15, 0.2) is 0 Å². The van der Waals surface area contributed by atoms with Gasteiger partial charge in [-0.3, -0.25) is 4.79 Å². The van der Waals surface area contributed by atoms with Gasteiger partial charge in [0.25, 0.3) is 5.91 Å². The number of aromatic nitrogens is 3. The van der Waals surface area contributed by atoms with Crippen LogP contribution in [0.2, 0.25) is 0 Å². The molecule has 3 aromatic heterocycles. The van der Waals surface area contributed by atoms with E-state index >= 15 is 0 Å². The van der Waals surface area contributed by atoms with E-state index in [0.29, 0.717) is 0 Å². The predicted molar refractivity (Wildman–Crippen MR) is 124 cm³/mol. The Kier molecular flexibility index (Phi) is 5.23. The molecule has 1 amide bonds. The van der Waals surface area contributed by atoms with Gasteiger partial charge in [0, 0.05) is 47.6 Å². The molecule has 4 heterocycles. The van der Waals surface area contributed by atoms with Crippen molar-refractivity contribution in [3.63, 3.8) is 0 Å². The van der Waals surface area contributed by atoms with E-state index in [1.807, 2.05) is 67.7 Å². The second-order valence-corrected chi connectivity index (χ2v) is 9.52. The number of benzene rings is 1. The molecular weight excluding hydrogens is 412 g/mol. The Balaban J connectivity index is 1.39. The first kappa shape index (κ1) is 19.2.